The number of rotatable bonds is 5. The number of benzene rings is 1. The molecule has 1 aromatic carbocycles. The summed E-state index contributed by atoms with van der Waals surface area (Å²) >= 11 is 0. The Labute approximate surface area is 109 Å². The SMILES string of the molecule is CCC(=O)N(Cc1ccccc1)CC1(C)COC1. The van der Waals surface area contributed by atoms with Crippen molar-refractivity contribution in [3.63, 3.8) is 0 Å². The quantitative estimate of drug-likeness (QED) is 0.800. The molecule has 1 amide bonds. The Balaban J connectivity index is 2.03. The van der Waals surface area contributed by atoms with Gasteiger partial charge in [0.05, 0.1) is 13.2 Å². The maximum absolute atomic E-state index is 12.0. The second-order valence-electron chi connectivity index (χ2n) is 5.39. The summed E-state index contributed by atoms with van der Waals surface area (Å²) in [5.41, 5.74) is 1.32. The highest BCUT2D eigenvalue weighted by Gasteiger charge is 2.36. The van der Waals surface area contributed by atoms with E-state index in [0.717, 1.165) is 19.8 Å². The van der Waals surface area contributed by atoms with Gasteiger partial charge < -0.3 is 9.64 Å². The van der Waals surface area contributed by atoms with Crippen LogP contribution in [0.25, 0.3) is 0 Å². The van der Waals surface area contributed by atoms with Gasteiger partial charge in [0.25, 0.3) is 0 Å². The maximum atomic E-state index is 12.0. The molecule has 18 heavy (non-hydrogen) atoms. The summed E-state index contributed by atoms with van der Waals surface area (Å²) in [6.07, 6.45) is 0.559. The lowest BCUT2D eigenvalue weighted by Gasteiger charge is -2.41. The van der Waals surface area contributed by atoms with Gasteiger partial charge in [-0.3, -0.25) is 4.79 Å². The van der Waals surface area contributed by atoms with Gasteiger partial charge in [0, 0.05) is 24.9 Å². The first-order chi connectivity index (χ1) is 8.63. The summed E-state index contributed by atoms with van der Waals surface area (Å²) < 4.78 is 5.26. The third-order valence-electron chi connectivity index (χ3n) is 3.35. The van der Waals surface area contributed by atoms with Crippen molar-refractivity contribution in [1.82, 2.24) is 4.90 Å². The van der Waals surface area contributed by atoms with Gasteiger partial charge in [0.1, 0.15) is 0 Å². The van der Waals surface area contributed by atoms with Crippen molar-refractivity contribution in [2.24, 2.45) is 5.41 Å². The minimum absolute atomic E-state index is 0.139. The molecule has 0 spiro atoms. The Kier molecular flexibility index (Phi) is 4.02. The van der Waals surface area contributed by atoms with E-state index in [4.69, 9.17) is 4.74 Å². The molecule has 0 radical (unpaired) electrons. The fourth-order valence-corrected chi connectivity index (χ4v) is 2.26. The molecule has 0 aromatic heterocycles. The second-order valence-corrected chi connectivity index (χ2v) is 5.39. The lowest BCUT2D eigenvalue weighted by atomic mass is 9.88. The van der Waals surface area contributed by atoms with Gasteiger partial charge in [-0.05, 0) is 5.56 Å². The van der Waals surface area contributed by atoms with Crippen LogP contribution in [0, 0.1) is 5.41 Å². The highest BCUT2D eigenvalue weighted by molar-refractivity contribution is 5.75. The van der Waals surface area contributed by atoms with Gasteiger partial charge in [-0.15, -0.1) is 0 Å². The number of hydrogen-bond donors (Lipinski definition) is 0. The fourth-order valence-electron chi connectivity index (χ4n) is 2.26. The molecule has 3 heteroatoms. The van der Waals surface area contributed by atoms with Crippen molar-refractivity contribution >= 4 is 5.91 Å². The van der Waals surface area contributed by atoms with Crippen molar-refractivity contribution in [3.05, 3.63) is 35.9 Å². The summed E-state index contributed by atoms with van der Waals surface area (Å²) in [5, 5.41) is 0. The molecule has 0 N–H and O–H groups in total. The number of carbonyl (C=O) groups excluding carboxylic acids is 1. The number of ether oxygens (including phenoxy) is 1. The molecular formula is C15H21NO2. The van der Waals surface area contributed by atoms with Gasteiger partial charge in [0.15, 0.2) is 0 Å². The van der Waals surface area contributed by atoms with E-state index < -0.39 is 0 Å². The Morgan fingerprint density at radius 1 is 1.33 bits per heavy atom. The topological polar surface area (TPSA) is 29.5 Å². The molecule has 1 aliphatic heterocycles. The van der Waals surface area contributed by atoms with Crippen LogP contribution in [0.3, 0.4) is 0 Å². The van der Waals surface area contributed by atoms with Crippen LogP contribution in [0.2, 0.25) is 0 Å². The van der Waals surface area contributed by atoms with E-state index in [9.17, 15) is 4.79 Å². The Bertz CT molecular complexity index is 398. The van der Waals surface area contributed by atoms with E-state index in [1.807, 2.05) is 30.0 Å². The summed E-state index contributed by atoms with van der Waals surface area (Å²) in [5.74, 6) is 0.215. The maximum Gasteiger partial charge on any atom is 0.222 e. The predicted molar refractivity (Wildman–Crippen MR) is 71.1 cm³/mol. The van der Waals surface area contributed by atoms with Crippen LogP contribution in [-0.2, 0) is 16.1 Å². The highest BCUT2D eigenvalue weighted by atomic mass is 16.5. The van der Waals surface area contributed by atoms with E-state index in [0.29, 0.717) is 13.0 Å². The van der Waals surface area contributed by atoms with E-state index in [1.165, 1.54) is 5.56 Å². The Morgan fingerprint density at radius 2 is 2.00 bits per heavy atom. The molecule has 0 atom stereocenters. The van der Waals surface area contributed by atoms with Gasteiger partial charge in [-0.1, -0.05) is 44.2 Å². The van der Waals surface area contributed by atoms with E-state index in [-0.39, 0.29) is 11.3 Å². The molecule has 2 rings (SSSR count). The number of hydrogen-bond acceptors (Lipinski definition) is 2. The minimum atomic E-state index is 0.139. The smallest absolute Gasteiger partial charge is 0.222 e. The zero-order valence-corrected chi connectivity index (χ0v) is 11.2. The molecule has 1 fully saturated rings. The van der Waals surface area contributed by atoms with Crippen molar-refractivity contribution in [2.45, 2.75) is 26.8 Å². The summed E-state index contributed by atoms with van der Waals surface area (Å²) in [6.45, 7) is 7.10. The molecule has 0 unspecified atom stereocenters. The fraction of sp³-hybridized carbons (Fsp3) is 0.533. The first-order valence-electron chi connectivity index (χ1n) is 6.52. The molecule has 98 valence electrons. The first-order valence-corrected chi connectivity index (χ1v) is 6.52. The molecular weight excluding hydrogens is 226 g/mol. The summed E-state index contributed by atoms with van der Waals surface area (Å²) in [7, 11) is 0. The number of carbonyl (C=O) groups is 1. The van der Waals surface area contributed by atoms with Crippen LogP contribution in [0.1, 0.15) is 25.8 Å². The highest BCUT2D eigenvalue weighted by Crippen LogP contribution is 2.28. The largest absolute Gasteiger partial charge is 0.380 e. The summed E-state index contributed by atoms with van der Waals surface area (Å²) in [4.78, 5) is 14.0. The van der Waals surface area contributed by atoms with Crippen LogP contribution < -0.4 is 0 Å². The van der Waals surface area contributed by atoms with E-state index >= 15 is 0 Å². The van der Waals surface area contributed by atoms with Crippen molar-refractivity contribution in [3.8, 4) is 0 Å². The van der Waals surface area contributed by atoms with Crippen molar-refractivity contribution in [1.29, 1.82) is 0 Å². The first kappa shape index (κ1) is 13.1. The van der Waals surface area contributed by atoms with Gasteiger partial charge in [-0.2, -0.15) is 0 Å². The number of nitrogens with zero attached hydrogens (tertiary/aromatic N) is 1. The monoisotopic (exact) mass is 247 g/mol. The van der Waals surface area contributed by atoms with Gasteiger partial charge in [0.2, 0.25) is 5.91 Å². The molecule has 1 aromatic rings. The van der Waals surface area contributed by atoms with Crippen molar-refractivity contribution < 1.29 is 9.53 Å². The third-order valence-corrected chi connectivity index (χ3v) is 3.35. The van der Waals surface area contributed by atoms with Gasteiger partial charge >= 0.3 is 0 Å². The zero-order valence-electron chi connectivity index (χ0n) is 11.2. The average Bonchev–Trinajstić information content (AvgIpc) is 2.36. The van der Waals surface area contributed by atoms with Crippen LogP contribution in [0.4, 0.5) is 0 Å². The third kappa shape index (κ3) is 3.10. The number of amides is 1. The van der Waals surface area contributed by atoms with Crippen molar-refractivity contribution in [2.75, 3.05) is 19.8 Å². The average molecular weight is 247 g/mol. The lowest BCUT2D eigenvalue weighted by Crippen LogP contribution is -2.50. The molecule has 0 saturated carbocycles. The van der Waals surface area contributed by atoms with Crippen LogP contribution >= 0.6 is 0 Å². The predicted octanol–water partition coefficient (Wildman–Crippen LogP) is 2.46. The lowest BCUT2D eigenvalue weighted by molar-refractivity contribution is -0.145. The molecule has 1 aliphatic rings. The Hall–Kier alpha value is -1.35. The molecule has 0 bridgehead atoms. The molecule has 1 saturated heterocycles. The minimum Gasteiger partial charge on any atom is -0.380 e. The van der Waals surface area contributed by atoms with Crippen LogP contribution in [-0.4, -0.2) is 30.6 Å². The van der Waals surface area contributed by atoms with Gasteiger partial charge in [-0.25, -0.2) is 0 Å². The molecule has 0 aliphatic carbocycles. The Morgan fingerprint density at radius 3 is 2.50 bits per heavy atom. The standard InChI is InChI=1S/C15H21NO2/c1-3-14(17)16(10-15(2)11-18-12-15)9-13-7-5-4-6-8-13/h4-8H,3,9-12H2,1-2H3. The van der Waals surface area contributed by atoms with E-state index in [1.54, 1.807) is 0 Å². The molecule has 3 nitrogen and oxygen atoms in total. The van der Waals surface area contributed by atoms with Crippen LogP contribution in [0.15, 0.2) is 30.3 Å². The van der Waals surface area contributed by atoms with E-state index in [2.05, 4.69) is 19.1 Å². The molecule has 1 heterocycles. The van der Waals surface area contributed by atoms with Crippen LogP contribution in [0.5, 0.6) is 0 Å². The summed E-state index contributed by atoms with van der Waals surface area (Å²) in [6, 6.07) is 10.2. The zero-order chi connectivity index (χ0) is 13.0. The second kappa shape index (κ2) is 5.53. The normalized spacial score (nSPS) is 17.0.